The van der Waals surface area contributed by atoms with Crippen molar-refractivity contribution in [3.8, 4) is 0 Å². The summed E-state index contributed by atoms with van der Waals surface area (Å²) in [6, 6.07) is 11.1. The van der Waals surface area contributed by atoms with Crippen LogP contribution in [0.25, 0.3) is 0 Å². The molecule has 0 saturated heterocycles. The summed E-state index contributed by atoms with van der Waals surface area (Å²) in [5.41, 5.74) is 7.43. The second-order valence-electron chi connectivity index (χ2n) is 4.05. The quantitative estimate of drug-likeness (QED) is 0.853. The van der Waals surface area contributed by atoms with Gasteiger partial charge in [0, 0.05) is 22.3 Å². The number of anilines is 1. The van der Waals surface area contributed by atoms with Gasteiger partial charge in [-0.2, -0.15) is 0 Å². The van der Waals surface area contributed by atoms with Crippen molar-refractivity contribution in [2.24, 2.45) is 0 Å². The molecule has 3 nitrogen and oxygen atoms in total. The van der Waals surface area contributed by atoms with Gasteiger partial charge in [0.1, 0.15) is 5.82 Å². The Bertz CT molecular complexity index is 616. The van der Waals surface area contributed by atoms with Crippen molar-refractivity contribution in [1.29, 1.82) is 0 Å². The third-order valence-electron chi connectivity index (χ3n) is 2.60. The highest BCUT2D eigenvalue weighted by atomic mass is 79.9. The molecule has 0 radical (unpaired) electrons. The first-order valence-corrected chi connectivity index (χ1v) is 6.43. The minimum atomic E-state index is -0.318. The van der Waals surface area contributed by atoms with Gasteiger partial charge < -0.3 is 11.1 Å². The van der Waals surface area contributed by atoms with E-state index in [9.17, 15) is 9.18 Å². The summed E-state index contributed by atoms with van der Waals surface area (Å²) in [5.74, 6) is -0.549. The second kappa shape index (κ2) is 5.84. The molecule has 1 amide bonds. The number of nitrogens with one attached hydrogen (secondary N) is 1. The van der Waals surface area contributed by atoms with Gasteiger partial charge >= 0.3 is 0 Å². The van der Waals surface area contributed by atoms with Crippen molar-refractivity contribution in [3.63, 3.8) is 0 Å². The number of hydrogen-bond acceptors (Lipinski definition) is 2. The van der Waals surface area contributed by atoms with Gasteiger partial charge in [-0.3, -0.25) is 4.79 Å². The highest BCUT2D eigenvalue weighted by Gasteiger charge is 2.07. The molecule has 0 aliphatic rings. The number of amides is 1. The maximum absolute atomic E-state index is 13.0. The summed E-state index contributed by atoms with van der Waals surface area (Å²) in [7, 11) is 0. The molecule has 98 valence electrons. The average Bonchev–Trinajstić information content (AvgIpc) is 2.39. The predicted molar refractivity (Wildman–Crippen MR) is 76.1 cm³/mol. The van der Waals surface area contributed by atoms with Gasteiger partial charge in [-0.05, 0) is 51.8 Å². The van der Waals surface area contributed by atoms with Crippen LogP contribution in [0, 0.1) is 5.82 Å². The Morgan fingerprint density at radius 1 is 1.26 bits per heavy atom. The SMILES string of the molecule is Nc1ccc(C(=O)NCc2cccc(F)c2)cc1Br. The van der Waals surface area contributed by atoms with Crippen molar-refractivity contribution in [1.82, 2.24) is 5.32 Å². The summed E-state index contributed by atoms with van der Waals surface area (Å²) >= 11 is 3.27. The number of halogens is 2. The van der Waals surface area contributed by atoms with Gasteiger partial charge in [0.15, 0.2) is 0 Å². The summed E-state index contributed by atoms with van der Waals surface area (Å²) in [5, 5.41) is 2.72. The summed E-state index contributed by atoms with van der Waals surface area (Å²) in [6.45, 7) is 0.276. The maximum Gasteiger partial charge on any atom is 0.251 e. The lowest BCUT2D eigenvalue weighted by Gasteiger charge is -2.07. The van der Waals surface area contributed by atoms with Crippen molar-refractivity contribution in [2.75, 3.05) is 5.73 Å². The normalized spacial score (nSPS) is 10.2. The van der Waals surface area contributed by atoms with Crippen molar-refractivity contribution >= 4 is 27.5 Å². The highest BCUT2D eigenvalue weighted by molar-refractivity contribution is 9.10. The lowest BCUT2D eigenvalue weighted by Crippen LogP contribution is -2.22. The highest BCUT2D eigenvalue weighted by Crippen LogP contribution is 2.20. The molecule has 0 unspecified atom stereocenters. The zero-order valence-corrected chi connectivity index (χ0v) is 11.6. The van der Waals surface area contributed by atoms with Crippen LogP contribution in [0.3, 0.4) is 0 Å². The standard InChI is InChI=1S/C14H12BrFN2O/c15-12-7-10(4-5-13(12)17)14(19)18-8-9-2-1-3-11(16)6-9/h1-7H,8,17H2,(H,18,19). The van der Waals surface area contributed by atoms with E-state index in [2.05, 4.69) is 21.2 Å². The first kappa shape index (κ1) is 13.5. The fourth-order valence-electron chi connectivity index (χ4n) is 1.60. The van der Waals surface area contributed by atoms with Crippen LogP contribution >= 0.6 is 15.9 Å². The van der Waals surface area contributed by atoms with Crippen LogP contribution in [0.15, 0.2) is 46.9 Å². The van der Waals surface area contributed by atoms with E-state index >= 15 is 0 Å². The first-order valence-electron chi connectivity index (χ1n) is 5.64. The number of hydrogen-bond donors (Lipinski definition) is 2. The number of rotatable bonds is 3. The number of carbonyl (C=O) groups is 1. The van der Waals surface area contributed by atoms with E-state index in [4.69, 9.17) is 5.73 Å². The Morgan fingerprint density at radius 3 is 2.74 bits per heavy atom. The molecule has 0 bridgehead atoms. The van der Waals surface area contributed by atoms with Crippen LogP contribution in [0.5, 0.6) is 0 Å². The van der Waals surface area contributed by atoms with E-state index in [0.29, 0.717) is 21.3 Å². The van der Waals surface area contributed by atoms with E-state index in [-0.39, 0.29) is 18.3 Å². The second-order valence-corrected chi connectivity index (χ2v) is 4.90. The van der Waals surface area contributed by atoms with Crippen LogP contribution in [0.4, 0.5) is 10.1 Å². The third-order valence-corrected chi connectivity index (χ3v) is 3.29. The van der Waals surface area contributed by atoms with Gasteiger partial charge in [0.05, 0.1) is 0 Å². The molecule has 0 saturated carbocycles. The molecule has 0 aliphatic heterocycles. The first-order chi connectivity index (χ1) is 9.06. The molecule has 0 atom stereocenters. The van der Waals surface area contributed by atoms with E-state index in [1.165, 1.54) is 12.1 Å². The molecular weight excluding hydrogens is 311 g/mol. The molecule has 2 aromatic carbocycles. The molecule has 0 aliphatic carbocycles. The minimum Gasteiger partial charge on any atom is -0.398 e. The maximum atomic E-state index is 13.0. The molecule has 5 heteroatoms. The van der Waals surface area contributed by atoms with E-state index in [1.54, 1.807) is 30.3 Å². The summed E-state index contributed by atoms with van der Waals surface area (Å²) in [6.07, 6.45) is 0. The van der Waals surface area contributed by atoms with E-state index in [0.717, 1.165) is 0 Å². The predicted octanol–water partition coefficient (Wildman–Crippen LogP) is 3.10. The van der Waals surface area contributed by atoms with Crippen LogP contribution in [0.1, 0.15) is 15.9 Å². The molecule has 0 spiro atoms. The third kappa shape index (κ3) is 3.54. The Balaban J connectivity index is 2.03. The molecule has 2 aromatic rings. The molecule has 2 rings (SSSR count). The minimum absolute atomic E-state index is 0.232. The molecule has 19 heavy (non-hydrogen) atoms. The lowest BCUT2D eigenvalue weighted by atomic mass is 10.2. The van der Waals surface area contributed by atoms with Gasteiger partial charge in [-0.1, -0.05) is 12.1 Å². The number of nitrogen functional groups attached to an aromatic ring is 1. The van der Waals surface area contributed by atoms with Crippen molar-refractivity contribution < 1.29 is 9.18 Å². The largest absolute Gasteiger partial charge is 0.398 e. The van der Waals surface area contributed by atoms with Gasteiger partial charge in [-0.25, -0.2) is 4.39 Å². The van der Waals surface area contributed by atoms with Crippen LogP contribution < -0.4 is 11.1 Å². The molecule has 0 heterocycles. The number of carbonyl (C=O) groups excluding carboxylic acids is 1. The molecule has 0 fully saturated rings. The van der Waals surface area contributed by atoms with Gasteiger partial charge in [0.25, 0.3) is 5.91 Å². The smallest absolute Gasteiger partial charge is 0.251 e. The Morgan fingerprint density at radius 2 is 2.05 bits per heavy atom. The molecule has 0 aromatic heterocycles. The van der Waals surface area contributed by atoms with Gasteiger partial charge in [-0.15, -0.1) is 0 Å². The zero-order valence-electron chi connectivity index (χ0n) is 9.99. The topological polar surface area (TPSA) is 55.1 Å². The van der Waals surface area contributed by atoms with E-state index in [1.807, 2.05) is 0 Å². The molecule has 3 N–H and O–H groups in total. The Kier molecular flexibility index (Phi) is 4.16. The van der Waals surface area contributed by atoms with Crippen LogP contribution in [-0.2, 0) is 6.54 Å². The fourth-order valence-corrected chi connectivity index (χ4v) is 1.98. The monoisotopic (exact) mass is 322 g/mol. The van der Waals surface area contributed by atoms with Crippen LogP contribution in [0.2, 0.25) is 0 Å². The van der Waals surface area contributed by atoms with Crippen LogP contribution in [-0.4, -0.2) is 5.91 Å². The van der Waals surface area contributed by atoms with Crippen molar-refractivity contribution in [3.05, 3.63) is 63.9 Å². The zero-order chi connectivity index (χ0) is 13.8. The summed E-state index contributed by atoms with van der Waals surface area (Å²) in [4.78, 5) is 11.9. The lowest BCUT2D eigenvalue weighted by molar-refractivity contribution is 0.0951. The number of benzene rings is 2. The summed E-state index contributed by atoms with van der Waals surface area (Å²) < 4.78 is 13.7. The average molecular weight is 323 g/mol. The fraction of sp³-hybridized carbons (Fsp3) is 0.0714. The van der Waals surface area contributed by atoms with Gasteiger partial charge in [0.2, 0.25) is 0 Å². The van der Waals surface area contributed by atoms with E-state index < -0.39 is 0 Å². The molecular formula is C14H12BrFN2O. The van der Waals surface area contributed by atoms with Crippen molar-refractivity contribution in [2.45, 2.75) is 6.54 Å². The Hall–Kier alpha value is -1.88. The number of nitrogens with two attached hydrogens (primary N) is 1. The Labute approximate surface area is 118 Å².